The van der Waals surface area contributed by atoms with E-state index in [1.165, 1.54) is 24.4 Å². The van der Waals surface area contributed by atoms with Gasteiger partial charge >= 0.3 is 6.01 Å². The molecule has 0 spiro atoms. The van der Waals surface area contributed by atoms with Crippen molar-refractivity contribution < 1.29 is 18.6 Å². The second kappa shape index (κ2) is 8.60. The van der Waals surface area contributed by atoms with Gasteiger partial charge in [0, 0.05) is 29.1 Å². The predicted molar refractivity (Wildman–Crippen MR) is 127 cm³/mol. The summed E-state index contributed by atoms with van der Waals surface area (Å²) >= 11 is 7.36. The van der Waals surface area contributed by atoms with Crippen LogP contribution in [0.2, 0.25) is 5.02 Å². The first-order chi connectivity index (χ1) is 16.3. The van der Waals surface area contributed by atoms with Crippen LogP contribution in [-0.4, -0.2) is 52.3 Å². The lowest BCUT2D eigenvalue weighted by atomic mass is 9.97. The number of nitrogens with zero attached hydrogens (tertiary/aromatic N) is 4. The Bertz CT molecular complexity index is 1480. The van der Waals surface area contributed by atoms with E-state index in [0.29, 0.717) is 11.8 Å². The molecule has 3 heterocycles. The number of anilines is 1. The molecule has 7 nitrogen and oxygen atoms in total. The number of nitriles is 1. The number of hydrogen-bond acceptors (Lipinski definition) is 8. The second-order valence-electron chi connectivity index (χ2n) is 8.10. The molecule has 1 aliphatic rings. The van der Waals surface area contributed by atoms with Crippen LogP contribution in [0.3, 0.4) is 0 Å². The zero-order valence-corrected chi connectivity index (χ0v) is 19.4. The quantitative estimate of drug-likeness (QED) is 0.428. The first kappa shape index (κ1) is 22.7. The normalized spacial score (nSPS) is 18.6. The molecular formula is C23H18ClF2N5O2S. The third kappa shape index (κ3) is 3.61. The number of hydrogen-bond donors (Lipinski definition) is 2. The third-order valence-corrected chi connectivity index (χ3v) is 7.44. The van der Waals surface area contributed by atoms with Crippen LogP contribution in [-0.2, 0) is 0 Å². The van der Waals surface area contributed by atoms with Crippen LogP contribution in [0, 0.1) is 23.0 Å². The first-order valence-corrected chi connectivity index (χ1v) is 11.6. The van der Waals surface area contributed by atoms with Crippen LogP contribution in [0.5, 0.6) is 6.01 Å². The van der Waals surface area contributed by atoms with Gasteiger partial charge in [0.1, 0.15) is 29.0 Å². The van der Waals surface area contributed by atoms with Gasteiger partial charge in [-0.3, -0.25) is 4.90 Å². The monoisotopic (exact) mass is 501 g/mol. The van der Waals surface area contributed by atoms with Crippen LogP contribution < -0.4 is 10.5 Å². The number of aliphatic hydroxyl groups is 1. The molecule has 2 aromatic heterocycles. The number of thiophene rings is 1. The minimum absolute atomic E-state index is 0.0240. The van der Waals surface area contributed by atoms with Gasteiger partial charge in [-0.05, 0) is 31.2 Å². The van der Waals surface area contributed by atoms with E-state index in [1.807, 2.05) is 18.0 Å². The van der Waals surface area contributed by atoms with Gasteiger partial charge in [-0.2, -0.15) is 10.2 Å². The van der Waals surface area contributed by atoms with E-state index < -0.39 is 17.7 Å². The number of nitrogens with two attached hydrogens (primary N) is 1. The van der Waals surface area contributed by atoms with E-state index in [0.717, 1.165) is 17.9 Å². The van der Waals surface area contributed by atoms with Gasteiger partial charge in [0.2, 0.25) is 0 Å². The zero-order chi connectivity index (χ0) is 24.1. The van der Waals surface area contributed by atoms with E-state index in [4.69, 9.17) is 22.1 Å². The van der Waals surface area contributed by atoms with E-state index in [9.17, 15) is 14.8 Å². The van der Waals surface area contributed by atoms with Gasteiger partial charge < -0.3 is 15.6 Å². The molecule has 174 valence electrons. The topological polar surface area (TPSA) is 108 Å². The fourth-order valence-corrected chi connectivity index (χ4v) is 5.55. The highest BCUT2D eigenvalue weighted by Gasteiger charge is 2.31. The molecule has 1 saturated heterocycles. The molecule has 2 aromatic carbocycles. The van der Waals surface area contributed by atoms with Gasteiger partial charge in [-0.25, -0.2) is 13.8 Å². The second-order valence-corrected chi connectivity index (χ2v) is 9.56. The van der Waals surface area contributed by atoms with Crippen LogP contribution >= 0.6 is 22.9 Å². The van der Waals surface area contributed by atoms with Crippen molar-refractivity contribution in [3.05, 3.63) is 46.6 Å². The van der Waals surface area contributed by atoms with Gasteiger partial charge in [-0.15, -0.1) is 11.3 Å². The summed E-state index contributed by atoms with van der Waals surface area (Å²) in [6.45, 7) is 0.887. The summed E-state index contributed by atoms with van der Waals surface area (Å²) in [6, 6.07) is 5.77. The summed E-state index contributed by atoms with van der Waals surface area (Å²) in [5.41, 5.74) is 6.16. The lowest BCUT2D eigenvalue weighted by molar-refractivity contribution is 0.0869. The average Bonchev–Trinajstić information content (AvgIpc) is 3.32. The maximum absolute atomic E-state index is 15.8. The number of aliphatic hydroxyl groups excluding tert-OH is 1. The molecular weight excluding hydrogens is 484 g/mol. The zero-order valence-electron chi connectivity index (χ0n) is 17.8. The van der Waals surface area contributed by atoms with Crippen molar-refractivity contribution in [3.63, 3.8) is 0 Å². The maximum Gasteiger partial charge on any atom is 0.317 e. The molecule has 0 amide bonds. The standard InChI is InChI=1S/C23H18ClF2N5O2S/c1-31-5-4-16(32)15(31)9-33-23-29-8-10-6-13(24)18(19(26)20(10)30-23)11-2-3-14(25)21-17(11)12(7-27)22(28)34-21/h2-3,6,8,15-16,32H,4-5,9,28H2,1H3/t15-,16+/m1/s1. The van der Waals surface area contributed by atoms with Crippen molar-refractivity contribution in [3.8, 4) is 23.2 Å². The largest absolute Gasteiger partial charge is 0.462 e. The van der Waals surface area contributed by atoms with E-state index in [1.54, 1.807) is 0 Å². The smallest absolute Gasteiger partial charge is 0.317 e. The molecule has 4 aromatic rings. The van der Waals surface area contributed by atoms with E-state index in [2.05, 4.69) is 9.97 Å². The van der Waals surface area contributed by atoms with Crippen LogP contribution in [0.25, 0.3) is 32.1 Å². The van der Waals surface area contributed by atoms with Crippen molar-refractivity contribution in [2.45, 2.75) is 18.6 Å². The molecule has 11 heteroatoms. The Morgan fingerprint density at radius 1 is 1.41 bits per heavy atom. The Balaban J connectivity index is 1.62. The summed E-state index contributed by atoms with van der Waals surface area (Å²) in [6.07, 6.45) is 1.51. The molecule has 0 aliphatic carbocycles. The molecule has 0 unspecified atom stereocenters. The number of rotatable bonds is 4. The molecule has 5 rings (SSSR count). The minimum atomic E-state index is -0.755. The lowest BCUT2D eigenvalue weighted by Crippen LogP contribution is -2.37. The highest BCUT2D eigenvalue weighted by Crippen LogP contribution is 2.44. The third-order valence-electron chi connectivity index (χ3n) is 6.11. The number of nitrogen functional groups attached to an aromatic ring is 1. The first-order valence-electron chi connectivity index (χ1n) is 10.4. The summed E-state index contributed by atoms with van der Waals surface area (Å²) < 4.78 is 36.1. The van der Waals surface area contributed by atoms with Crippen molar-refractivity contribution in [1.29, 1.82) is 5.26 Å². The van der Waals surface area contributed by atoms with Crippen LogP contribution in [0.15, 0.2) is 24.4 Å². The Morgan fingerprint density at radius 2 is 2.21 bits per heavy atom. The fraction of sp³-hybridized carbons (Fsp3) is 0.261. The SMILES string of the molecule is CN1CC[C@H](O)[C@H]1COc1ncc2cc(Cl)c(-c3ccc(F)c4sc(N)c(C#N)c34)c(F)c2n1. The average molecular weight is 502 g/mol. The fourth-order valence-electron chi connectivity index (χ4n) is 4.30. The highest BCUT2D eigenvalue weighted by molar-refractivity contribution is 7.23. The van der Waals surface area contributed by atoms with E-state index >= 15 is 4.39 Å². The molecule has 34 heavy (non-hydrogen) atoms. The van der Waals surface area contributed by atoms with Crippen LogP contribution in [0.1, 0.15) is 12.0 Å². The summed E-state index contributed by atoms with van der Waals surface area (Å²) in [5, 5.41) is 20.4. The Morgan fingerprint density at radius 3 is 2.91 bits per heavy atom. The van der Waals surface area contributed by atoms with Gasteiger partial charge in [0.15, 0.2) is 5.82 Å². The van der Waals surface area contributed by atoms with Crippen molar-refractivity contribution in [2.24, 2.45) is 0 Å². The van der Waals surface area contributed by atoms with Gasteiger partial charge in [0.25, 0.3) is 0 Å². The van der Waals surface area contributed by atoms with E-state index in [-0.39, 0.29) is 61.0 Å². The van der Waals surface area contributed by atoms with Gasteiger partial charge in [-0.1, -0.05) is 17.7 Å². The molecule has 2 atom stereocenters. The van der Waals surface area contributed by atoms with Crippen molar-refractivity contribution in [2.75, 3.05) is 25.9 Å². The molecule has 3 N–H and O–H groups in total. The van der Waals surface area contributed by atoms with Crippen molar-refractivity contribution >= 4 is 48.9 Å². The number of fused-ring (bicyclic) bond motifs is 2. The Hall–Kier alpha value is -3.10. The number of benzene rings is 2. The molecule has 0 saturated carbocycles. The predicted octanol–water partition coefficient (Wildman–Crippen LogP) is 4.34. The minimum Gasteiger partial charge on any atom is -0.462 e. The summed E-state index contributed by atoms with van der Waals surface area (Å²) in [4.78, 5) is 10.3. The molecule has 1 fully saturated rings. The number of halogens is 3. The van der Waals surface area contributed by atoms with Gasteiger partial charge in [0.05, 0.1) is 27.4 Å². The summed E-state index contributed by atoms with van der Waals surface area (Å²) in [7, 11) is 1.88. The Labute approximate surface area is 202 Å². The number of aromatic nitrogens is 2. The lowest BCUT2D eigenvalue weighted by Gasteiger charge is -2.21. The van der Waals surface area contributed by atoms with Crippen LogP contribution in [0.4, 0.5) is 13.8 Å². The highest BCUT2D eigenvalue weighted by atomic mass is 35.5. The number of ether oxygens (including phenoxy) is 1. The number of likely N-dealkylation sites (N-methyl/N-ethyl adjacent to an activating group) is 1. The maximum atomic E-state index is 15.8. The van der Waals surface area contributed by atoms with Crippen molar-refractivity contribution in [1.82, 2.24) is 14.9 Å². The molecule has 0 bridgehead atoms. The molecule has 1 aliphatic heterocycles. The summed E-state index contributed by atoms with van der Waals surface area (Å²) in [5.74, 6) is -1.32. The Kier molecular flexibility index (Phi) is 5.73. The number of likely N-dealkylation sites (tertiary alicyclic amines) is 1. The molecule has 0 radical (unpaired) electrons.